The second kappa shape index (κ2) is 9.78. The number of aryl methyl sites for hydroxylation is 1. The number of nitrogens with zero attached hydrogens (tertiary/aromatic N) is 2. The minimum atomic E-state index is -0.773. The standard InChI is InChI=1S/C36H53N3O4/c1-21(2)29-25(41)18-36(31(42)38-23-19-37-39(9)20-23)17-16-34(7)24(30(29)36)10-11-27-33(6)14-13-28(43-22(3)40)32(4,5)26(33)12-15-35(27,34)8/h19-21,24,26-28H,10-18H2,1-9H3,(H,38,42)/t24-,26+,27-,28+,33+,34-,35-,36-/m1/s1. The van der Waals surface area contributed by atoms with Crippen LogP contribution in [0.15, 0.2) is 23.5 Å². The van der Waals surface area contributed by atoms with Crippen molar-refractivity contribution in [3.63, 3.8) is 0 Å². The number of carbonyl (C=O) groups excluding carboxylic acids is 3. The number of esters is 1. The van der Waals surface area contributed by atoms with Crippen LogP contribution in [0.5, 0.6) is 0 Å². The predicted octanol–water partition coefficient (Wildman–Crippen LogP) is 7.27. The van der Waals surface area contributed by atoms with Gasteiger partial charge >= 0.3 is 5.97 Å². The minimum Gasteiger partial charge on any atom is -0.462 e. The molecule has 7 heteroatoms. The molecule has 1 amide bonds. The van der Waals surface area contributed by atoms with E-state index in [2.05, 4.69) is 58.9 Å². The molecule has 0 aliphatic heterocycles. The first-order chi connectivity index (χ1) is 20.0. The molecule has 8 atom stereocenters. The SMILES string of the molecule is CC(=O)O[C@H]1CC[C@]2(C)[C@H]3CC[C@@H]4C5=C(C(C)C)C(=O)C[C@]5(C(=O)Nc5cnn(C)c5)CC[C@@]4(C)[C@]3(C)CC[C@H]2C1(C)C. The van der Waals surface area contributed by atoms with Gasteiger partial charge in [0, 0.05) is 32.0 Å². The molecule has 1 heterocycles. The minimum absolute atomic E-state index is 0.00104. The van der Waals surface area contributed by atoms with E-state index in [0.29, 0.717) is 30.4 Å². The molecule has 43 heavy (non-hydrogen) atoms. The van der Waals surface area contributed by atoms with Crippen LogP contribution in [0.4, 0.5) is 5.69 Å². The number of amides is 1. The summed E-state index contributed by atoms with van der Waals surface area (Å²) >= 11 is 0. The Morgan fingerprint density at radius 1 is 0.977 bits per heavy atom. The van der Waals surface area contributed by atoms with Gasteiger partial charge in [-0.1, -0.05) is 48.5 Å². The predicted molar refractivity (Wildman–Crippen MR) is 167 cm³/mol. The Balaban J connectivity index is 1.39. The first-order valence-electron chi connectivity index (χ1n) is 16.8. The van der Waals surface area contributed by atoms with Crippen molar-refractivity contribution in [1.82, 2.24) is 9.78 Å². The quantitative estimate of drug-likeness (QED) is 0.372. The van der Waals surface area contributed by atoms with Gasteiger partial charge in [-0.2, -0.15) is 5.10 Å². The van der Waals surface area contributed by atoms with Crippen molar-refractivity contribution in [2.75, 3.05) is 5.32 Å². The molecule has 236 valence electrons. The number of allylic oxidation sites excluding steroid dienone is 1. The molecule has 0 aromatic carbocycles. The zero-order chi connectivity index (χ0) is 31.3. The molecule has 5 aliphatic carbocycles. The molecular weight excluding hydrogens is 538 g/mol. The molecule has 0 saturated heterocycles. The van der Waals surface area contributed by atoms with Crippen molar-refractivity contribution in [2.24, 2.45) is 57.8 Å². The number of aromatic nitrogens is 2. The fraction of sp³-hybridized carbons (Fsp3) is 0.778. The summed E-state index contributed by atoms with van der Waals surface area (Å²) in [6.07, 6.45) is 11.8. The van der Waals surface area contributed by atoms with Gasteiger partial charge < -0.3 is 10.1 Å². The maximum atomic E-state index is 14.3. The summed E-state index contributed by atoms with van der Waals surface area (Å²) in [5, 5.41) is 7.43. The normalized spacial score (nSPS) is 41.7. The average Bonchev–Trinajstić information content (AvgIpc) is 3.46. The number of rotatable bonds is 4. The first kappa shape index (κ1) is 30.6. The zero-order valence-electron chi connectivity index (χ0n) is 27.9. The third kappa shape index (κ3) is 4.11. The van der Waals surface area contributed by atoms with Crippen molar-refractivity contribution in [3.05, 3.63) is 23.5 Å². The van der Waals surface area contributed by atoms with Gasteiger partial charge in [0.2, 0.25) is 5.91 Å². The summed E-state index contributed by atoms with van der Waals surface area (Å²) in [6, 6.07) is 0. The lowest BCUT2D eigenvalue weighted by Gasteiger charge is -2.72. The fourth-order valence-corrected chi connectivity index (χ4v) is 12.0. The highest BCUT2D eigenvalue weighted by Crippen LogP contribution is 2.76. The molecule has 0 radical (unpaired) electrons. The van der Waals surface area contributed by atoms with Gasteiger partial charge in [-0.05, 0) is 102 Å². The summed E-state index contributed by atoms with van der Waals surface area (Å²) in [5.74, 6) is 1.32. The monoisotopic (exact) mass is 591 g/mol. The van der Waals surface area contributed by atoms with E-state index >= 15 is 0 Å². The zero-order valence-corrected chi connectivity index (χ0v) is 27.9. The fourth-order valence-electron chi connectivity index (χ4n) is 12.0. The molecule has 4 saturated carbocycles. The number of fused-ring (bicyclic) bond motifs is 7. The second-order valence-corrected chi connectivity index (χ2v) is 16.6. The highest BCUT2D eigenvalue weighted by Gasteiger charge is 2.71. The van der Waals surface area contributed by atoms with Crippen molar-refractivity contribution < 1.29 is 19.1 Å². The van der Waals surface area contributed by atoms with Crippen LogP contribution in [0, 0.1) is 50.7 Å². The molecule has 0 bridgehead atoms. The van der Waals surface area contributed by atoms with E-state index in [9.17, 15) is 14.4 Å². The van der Waals surface area contributed by atoms with Gasteiger partial charge in [0.25, 0.3) is 0 Å². The number of ether oxygens (including phenoxy) is 1. The number of nitrogens with one attached hydrogen (secondary N) is 1. The van der Waals surface area contributed by atoms with Gasteiger partial charge in [-0.3, -0.25) is 19.1 Å². The molecule has 7 nitrogen and oxygen atoms in total. The van der Waals surface area contributed by atoms with Gasteiger partial charge in [0.15, 0.2) is 5.78 Å². The molecule has 0 unspecified atom stereocenters. The number of hydrogen-bond donors (Lipinski definition) is 1. The highest BCUT2D eigenvalue weighted by atomic mass is 16.5. The summed E-state index contributed by atoms with van der Waals surface area (Å²) in [4.78, 5) is 40.1. The van der Waals surface area contributed by atoms with E-state index in [0.717, 1.165) is 50.5 Å². The Bertz CT molecular complexity index is 1390. The Kier molecular flexibility index (Phi) is 6.95. The molecule has 1 aromatic rings. The number of anilines is 1. The molecule has 5 aliphatic rings. The summed E-state index contributed by atoms with van der Waals surface area (Å²) in [7, 11) is 1.85. The molecule has 0 spiro atoms. The van der Waals surface area contributed by atoms with Crippen LogP contribution >= 0.6 is 0 Å². The summed E-state index contributed by atoms with van der Waals surface area (Å²) in [5.41, 5.74) is 2.20. The van der Waals surface area contributed by atoms with Crippen LogP contribution in [-0.4, -0.2) is 33.5 Å². The highest BCUT2D eigenvalue weighted by molar-refractivity contribution is 6.09. The number of hydrogen-bond acceptors (Lipinski definition) is 5. The molecule has 6 rings (SSSR count). The Morgan fingerprint density at radius 3 is 2.33 bits per heavy atom. The first-order valence-corrected chi connectivity index (χ1v) is 16.8. The summed E-state index contributed by atoms with van der Waals surface area (Å²) < 4.78 is 7.61. The van der Waals surface area contributed by atoms with Crippen LogP contribution < -0.4 is 5.32 Å². The maximum absolute atomic E-state index is 14.3. The van der Waals surface area contributed by atoms with E-state index in [4.69, 9.17) is 4.74 Å². The smallest absolute Gasteiger partial charge is 0.302 e. The Morgan fingerprint density at radius 2 is 1.70 bits per heavy atom. The lowest BCUT2D eigenvalue weighted by atomic mass is 9.33. The second-order valence-electron chi connectivity index (χ2n) is 16.6. The molecule has 1 N–H and O–H groups in total. The van der Waals surface area contributed by atoms with Gasteiger partial charge in [-0.25, -0.2) is 0 Å². The lowest BCUT2D eigenvalue weighted by Crippen LogP contribution is -2.66. The van der Waals surface area contributed by atoms with Gasteiger partial charge in [0.05, 0.1) is 17.3 Å². The maximum Gasteiger partial charge on any atom is 0.302 e. The number of Topliss-reactive ketones (excluding diaryl/α,β-unsaturated/α-hetero) is 1. The van der Waals surface area contributed by atoms with Crippen molar-refractivity contribution in [1.29, 1.82) is 0 Å². The topological polar surface area (TPSA) is 90.3 Å². The van der Waals surface area contributed by atoms with Gasteiger partial charge in [-0.15, -0.1) is 0 Å². The third-order valence-electron chi connectivity index (χ3n) is 14.1. The van der Waals surface area contributed by atoms with Crippen LogP contribution in [0.1, 0.15) is 113 Å². The largest absolute Gasteiger partial charge is 0.462 e. The van der Waals surface area contributed by atoms with Crippen molar-refractivity contribution >= 4 is 23.3 Å². The van der Waals surface area contributed by atoms with Crippen LogP contribution in [0.2, 0.25) is 0 Å². The van der Waals surface area contributed by atoms with Crippen LogP contribution in [0.3, 0.4) is 0 Å². The van der Waals surface area contributed by atoms with Crippen molar-refractivity contribution in [2.45, 2.75) is 119 Å². The summed E-state index contributed by atoms with van der Waals surface area (Å²) in [6.45, 7) is 18.1. The Labute approximate surface area is 258 Å². The number of carbonyl (C=O) groups is 3. The van der Waals surface area contributed by atoms with Crippen molar-refractivity contribution in [3.8, 4) is 0 Å². The van der Waals surface area contributed by atoms with E-state index in [-0.39, 0.29) is 57.3 Å². The lowest BCUT2D eigenvalue weighted by molar-refractivity contribution is -0.232. The number of ketones is 1. The third-order valence-corrected chi connectivity index (χ3v) is 14.1. The molecule has 1 aromatic heterocycles. The Hall–Kier alpha value is -2.44. The van der Waals surface area contributed by atoms with E-state index in [1.165, 1.54) is 12.5 Å². The van der Waals surface area contributed by atoms with Crippen LogP contribution in [-0.2, 0) is 26.2 Å². The van der Waals surface area contributed by atoms with E-state index < -0.39 is 5.41 Å². The van der Waals surface area contributed by atoms with E-state index in [1.54, 1.807) is 10.9 Å². The molecule has 4 fully saturated rings. The average molecular weight is 592 g/mol. The van der Waals surface area contributed by atoms with Gasteiger partial charge in [0.1, 0.15) is 6.10 Å². The molecular formula is C36H53N3O4. The van der Waals surface area contributed by atoms with E-state index in [1.807, 2.05) is 13.2 Å². The van der Waals surface area contributed by atoms with Crippen LogP contribution in [0.25, 0.3) is 0 Å².